The molecule has 3 rings (SSSR count). The highest BCUT2D eigenvalue weighted by molar-refractivity contribution is 5.96. The number of nitrogens with zero attached hydrogens (tertiary/aromatic N) is 3. The number of carbonyl (C=O) groups excluding carboxylic acids is 1. The number of anilines is 1. The molecule has 0 unspecified atom stereocenters. The Morgan fingerprint density at radius 3 is 2.21 bits per heavy atom. The fourth-order valence-corrected chi connectivity index (χ4v) is 2.67. The summed E-state index contributed by atoms with van der Waals surface area (Å²) in [4.78, 5) is 16.6. The lowest BCUT2D eigenvalue weighted by Gasteiger charge is -2.12. The van der Waals surface area contributed by atoms with E-state index in [2.05, 4.69) is 10.1 Å². The lowest BCUT2D eigenvalue weighted by molar-refractivity contribution is 0.0968. The fourth-order valence-electron chi connectivity index (χ4n) is 2.67. The van der Waals surface area contributed by atoms with Crippen LogP contribution in [0.5, 0.6) is 17.2 Å². The number of halogens is 1. The second-order valence-electron chi connectivity index (χ2n) is 5.80. The Morgan fingerprint density at radius 1 is 1.07 bits per heavy atom. The molecule has 0 amide bonds. The number of Topliss-reactive ketones (excluding diaryl/α,β-unsaturated/α-hetero) is 1. The highest BCUT2D eigenvalue weighted by atomic mass is 19.1. The minimum atomic E-state index is -0.415. The Labute approximate surface area is 160 Å². The molecular formula is C19H19FN4O4. The highest BCUT2D eigenvalue weighted by Gasteiger charge is 2.18. The summed E-state index contributed by atoms with van der Waals surface area (Å²) in [5, 5.41) is 4.30. The van der Waals surface area contributed by atoms with Gasteiger partial charge >= 0.3 is 0 Å². The predicted molar refractivity (Wildman–Crippen MR) is 100 cm³/mol. The number of methoxy groups -OCH3 is 3. The van der Waals surface area contributed by atoms with Crippen molar-refractivity contribution in [3.05, 3.63) is 47.8 Å². The summed E-state index contributed by atoms with van der Waals surface area (Å²) in [6, 6.07) is 8.62. The third-order valence-electron chi connectivity index (χ3n) is 4.08. The summed E-state index contributed by atoms with van der Waals surface area (Å²) in [5.41, 5.74) is 6.85. The average Bonchev–Trinajstić information content (AvgIpc) is 3.07. The molecule has 2 N–H and O–H groups in total. The van der Waals surface area contributed by atoms with Crippen LogP contribution in [0.2, 0.25) is 0 Å². The Morgan fingerprint density at radius 2 is 1.68 bits per heavy atom. The zero-order valence-corrected chi connectivity index (χ0v) is 15.6. The monoisotopic (exact) mass is 386 g/mol. The maximum absolute atomic E-state index is 13.0. The van der Waals surface area contributed by atoms with E-state index >= 15 is 0 Å². The van der Waals surface area contributed by atoms with Crippen LogP contribution >= 0.6 is 0 Å². The van der Waals surface area contributed by atoms with Crippen LogP contribution in [0.1, 0.15) is 10.4 Å². The van der Waals surface area contributed by atoms with Crippen molar-refractivity contribution in [1.29, 1.82) is 0 Å². The largest absolute Gasteiger partial charge is 0.493 e. The molecule has 0 atom stereocenters. The number of carbonyl (C=O) groups is 1. The predicted octanol–water partition coefficient (Wildman–Crippen LogP) is 2.58. The summed E-state index contributed by atoms with van der Waals surface area (Å²) < 4.78 is 30.3. The van der Waals surface area contributed by atoms with Crippen LogP contribution in [0.15, 0.2) is 36.4 Å². The molecule has 0 aliphatic heterocycles. The lowest BCUT2D eigenvalue weighted by Crippen LogP contribution is -2.14. The number of ketones is 1. The van der Waals surface area contributed by atoms with Crippen molar-refractivity contribution in [2.45, 2.75) is 6.54 Å². The minimum Gasteiger partial charge on any atom is -0.493 e. The molecule has 1 aromatic heterocycles. The summed E-state index contributed by atoms with van der Waals surface area (Å²) in [7, 11) is 4.51. The maximum Gasteiger partial charge on any atom is 0.219 e. The van der Waals surface area contributed by atoms with Crippen molar-refractivity contribution in [3.8, 4) is 28.6 Å². The number of nitrogens with two attached hydrogens (primary N) is 1. The Bertz CT molecular complexity index is 977. The molecule has 0 bridgehead atoms. The molecule has 9 heteroatoms. The van der Waals surface area contributed by atoms with Crippen molar-refractivity contribution < 1.29 is 23.4 Å². The zero-order chi connectivity index (χ0) is 20.3. The molecule has 0 spiro atoms. The summed E-state index contributed by atoms with van der Waals surface area (Å²) in [5.74, 6) is 0.994. The lowest BCUT2D eigenvalue weighted by atomic mass is 10.1. The van der Waals surface area contributed by atoms with Crippen LogP contribution in [-0.4, -0.2) is 41.9 Å². The first-order chi connectivity index (χ1) is 13.5. The van der Waals surface area contributed by atoms with Crippen LogP contribution < -0.4 is 19.9 Å². The Hall–Kier alpha value is -3.62. The van der Waals surface area contributed by atoms with Gasteiger partial charge in [0.25, 0.3) is 0 Å². The van der Waals surface area contributed by atoms with Crippen molar-refractivity contribution in [2.75, 3.05) is 27.1 Å². The van der Waals surface area contributed by atoms with Crippen LogP contribution in [0, 0.1) is 5.82 Å². The van der Waals surface area contributed by atoms with Gasteiger partial charge in [-0.3, -0.25) is 4.79 Å². The molecule has 28 heavy (non-hydrogen) atoms. The summed E-state index contributed by atoms with van der Waals surface area (Å²) >= 11 is 0. The van der Waals surface area contributed by atoms with E-state index in [1.54, 1.807) is 12.1 Å². The van der Waals surface area contributed by atoms with Crippen molar-refractivity contribution in [3.63, 3.8) is 0 Å². The molecule has 3 aromatic rings. The third-order valence-corrected chi connectivity index (χ3v) is 4.08. The van der Waals surface area contributed by atoms with E-state index in [1.165, 1.54) is 50.3 Å². The maximum atomic E-state index is 13.0. The molecule has 0 fully saturated rings. The van der Waals surface area contributed by atoms with Crippen LogP contribution in [0.25, 0.3) is 11.4 Å². The van der Waals surface area contributed by atoms with Gasteiger partial charge < -0.3 is 19.9 Å². The number of aromatic nitrogens is 3. The van der Waals surface area contributed by atoms with Gasteiger partial charge in [-0.25, -0.2) is 9.07 Å². The van der Waals surface area contributed by atoms with Crippen molar-refractivity contribution >= 4 is 11.7 Å². The summed E-state index contributed by atoms with van der Waals surface area (Å²) in [6.45, 7) is -0.130. The van der Waals surface area contributed by atoms with Gasteiger partial charge in [0.2, 0.25) is 11.7 Å². The van der Waals surface area contributed by atoms with Gasteiger partial charge in [-0.1, -0.05) is 0 Å². The quantitative estimate of drug-likeness (QED) is 0.623. The first kappa shape index (κ1) is 19.2. The third kappa shape index (κ3) is 3.73. The van der Waals surface area contributed by atoms with E-state index in [4.69, 9.17) is 19.9 Å². The van der Waals surface area contributed by atoms with Gasteiger partial charge in [0.1, 0.15) is 12.4 Å². The first-order valence-corrected chi connectivity index (χ1v) is 8.26. The smallest absolute Gasteiger partial charge is 0.219 e. The van der Waals surface area contributed by atoms with Gasteiger partial charge in [-0.15, -0.1) is 5.10 Å². The number of hydrogen-bond donors (Lipinski definition) is 1. The standard InChI is InChI=1S/C19H19FN4O4/c1-26-15-8-12(9-16(27-2)17(15)28-3)18-22-19(21)24(23-18)10-14(25)11-4-6-13(20)7-5-11/h4-9H,10H2,1-3H3,(H2,21,22,23). The Kier molecular flexibility index (Phi) is 5.44. The van der Waals surface area contributed by atoms with E-state index in [9.17, 15) is 9.18 Å². The van der Waals surface area contributed by atoms with Gasteiger partial charge in [0.05, 0.1) is 21.3 Å². The molecule has 1 heterocycles. The number of nitrogen functional groups attached to an aromatic ring is 1. The van der Waals surface area contributed by atoms with E-state index in [0.717, 1.165) is 0 Å². The average molecular weight is 386 g/mol. The van der Waals surface area contributed by atoms with Crippen molar-refractivity contribution in [2.24, 2.45) is 0 Å². The molecule has 0 radical (unpaired) electrons. The van der Waals surface area contributed by atoms with Gasteiger partial charge in [-0.05, 0) is 36.4 Å². The second-order valence-corrected chi connectivity index (χ2v) is 5.80. The minimum absolute atomic E-state index is 0.0687. The Balaban J connectivity index is 1.92. The van der Waals surface area contributed by atoms with Crippen LogP contribution in [0.3, 0.4) is 0 Å². The first-order valence-electron chi connectivity index (χ1n) is 8.26. The van der Waals surface area contributed by atoms with Crippen molar-refractivity contribution in [1.82, 2.24) is 14.8 Å². The fraction of sp³-hybridized carbons (Fsp3) is 0.211. The molecule has 0 saturated carbocycles. The van der Waals surface area contributed by atoms with Gasteiger partial charge in [-0.2, -0.15) is 4.98 Å². The molecule has 0 saturated heterocycles. The molecular weight excluding hydrogens is 367 g/mol. The molecule has 8 nitrogen and oxygen atoms in total. The van der Waals surface area contributed by atoms with Crippen LogP contribution in [0.4, 0.5) is 10.3 Å². The zero-order valence-electron chi connectivity index (χ0n) is 15.6. The van der Waals surface area contributed by atoms with E-state index in [-0.39, 0.29) is 18.3 Å². The van der Waals surface area contributed by atoms with Gasteiger partial charge in [0.15, 0.2) is 23.1 Å². The SMILES string of the molecule is COc1cc(-c2nc(N)n(CC(=O)c3ccc(F)cc3)n2)cc(OC)c1OC. The van der Waals surface area contributed by atoms with E-state index in [0.29, 0.717) is 34.2 Å². The molecule has 2 aromatic carbocycles. The molecule has 0 aliphatic carbocycles. The summed E-state index contributed by atoms with van der Waals surface area (Å²) in [6.07, 6.45) is 0. The second kappa shape index (κ2) is 7.95. The molecule has 0 aliphatic rings. The number of benzene rings is 2. The normalized spacial score (nSPS) is 10.6. The van der Waals surface area contributed by atoms with E-state index < -0.39 is 5.82 Å². The highest BCUT2D eigenvalue weighted by Crippen LogP contribution is 2.40. The van der Waals surface area contributed by atoms with Gasteiger partial charge in [0, 0.05) is 11.1 Å². The number of rotatable bonds is 7. The topological polar surface area (TPSA) is 101 Å². The molecule has 146 valence electrons. The van der Waals surface area contributed by atoms with Crippen LogP contribution in [-0.2, 0) is 6.54 Å². The van der Waals surface area contributed by atoms with E-state index in [1.807, 2.05) is 0 Å². The number of ether oxygens (including phenoxy) is 3. The number of hydrogen-bond acceptors (Lipinski definition) is 7.